The average molecular weight is 287 g/mol. The van der Waals surface area contributed by atoms with Crippen molar-refractivity contribution in [2.24, 2.45) is 0 Å². The van der Waals surface area contributed by atoms with Crippen LogP contribution in [0.2, 0.25) is 0 Å². The molecule has 106 valence electrons. The van der Waals surface area contributed by atoms with E-state index in [0.29, 0.717) is 6.04 Å². The van der Waals surface area contributed by atoms with Crippen molar-refractivity contribution in [2.75, 3.05) is 20.1 Å². The number of piperidine rings is 1. The Hall–Kier alpha value is -1.23. The number of benzene rings is 1. The molecule has 2 heterocycles. The first kappa shape index (κ1) is 13.7. The van der Waals surface area contributed by atoms with Crippen LogP contribution in [0.5, 0.6) is 0 Å². The van der Waals surface area contributed by atoms with Gasteiger partial charge in [-0.2, -0.15) is 0 Å². The summed E-state index contributed by atoms with van der Waals surface area (Å²) in [7, 11) is 2.06. The van der Waals surface area contributed by atoms with Crippen LogP contribution in [-0.4, -0.2) is 36.1 Å². The van der Waals surface area contributed by atoms with Gasteiger partial charge in [-0.25, -0.2) is 4.98 Å². The Balaban J connectivity index is 1.65. The number of aromatic nitrogens is 1. The fraction of sp³-hybridized carbons (Fsp3) is 0.438. The number of likely N-dealkylation sites (tertiary alicyclic amines) is 1. The van der Waals surface area contributed by atoms with Gasteiger partial charge in [-0.15, -0.1) is 11.3 Å². The molecular weight excluding hydrogens is 266 g/mol. The fourth-order valence-corrected chi connectivity index (χ4v) is 3.71. The molecule has 1 N–H and O–H groups in total. The van der Waals surface area contributed by atoms with Crippen LogP contribution in [0, 0.1) is 0 Å². The fourth-order valence-electron chi connectivity index (χ4n) is 2.75. The molecular formula is C16H21N3S. The number of nitrogens with zero attached hydrogens (tertiary/aromatic N) is 2. The summed E-state index contributed by atoms with van der Waals surface area (Å²) in [6, 6.07) is 11.1. The van der Waals surface area contributed by atoms with Crippen LogP contribution in [0.25, 0.3) is 10.4 Å². The van der Waals surface area contributed by atoms with E-state index in [0.717, 1.165) is 13.1 Å². The predicted octanol–water partition coefficient (Wildman–Crippen LogP) is 2.99. The molecule has 0 radical (unpaired) electrons. The van der Waals surface area contributed by atoms with Crippen molar-refractivity contribution in [1.82, 2.24) is 15.2 Å². The van der Waals surface area contributed by atoms with Crippen LogP contribution >= 0.6 is 11.3 Å². The van der Waals surface area contributed by atoms with Crippen molar-refractivity contribution in [3.63, 3.8) is 0 Å². The van der Waals surface area contributed by atoms with Gasteiger partial charge in [0, 0.05) is 18.8 Å². The third-order valence-corrected chi connectivity index (χ3v) is 4.92. The van der Waals surface area contributed by atoms with E-state index < -0.39 is 0 Å². The number of hydrogen-bond donors (Lipinski definition) is 1. The first-order valence-electron chi connectivity index (χ1n) is 7.25. The molecule has 1 atom stereocenters. The van der Waals surface area contributed by atoms with Crippen LogP contribution in [0.3, 0.4) is 0 Å². The van der Waals surface area contributed by atoms with Gasteiger partial charge < -0.3 is 5.32 Å². The zero-order chi connectivity index (χ0) is 13.8. The van der Waals surface area contributed by atoms with Crippen molar-refractivity contribution in [1.29, 1.82) is 0 Å². The van der Waals surface area contributed by atoms with E-state index in [4.69, 9.17) is 0 Å². The van der Waals surface area contributed by atoms with Crippen molar-refractivity contribution in [3.05, 3.63) is 41.5 Å². The molecule has 0 saturated carbocycles. The summed E-state index contributed by atoms with van der Waals surface area (Å²) in [5, 5.41) is 4.61. The molecule has 3 nitrogen and oxygen atoms in total. The lowest BCUT2D eigenvalue weighted by Crippen LogP contribution is -2.43. The van der Waals surface area contributed by atoms with Gasteiger partial charge in [0.05, 0.1) is 11.4 Å². The van der Waals surface area contributed by atoms with Gasteiger partial charge in [0.2, 0.25) is 0 Å². The van der Waals surface area contributed by atoms with Crippen molar-refractivity contribution in [3.8, 4) is 10.4 Å². The van der Waals surface area contributed by atoms with E-state index in [-0.39, 0.29) is 0 Å². The quantitative estimate of drug-likeness (QED) is 0.937. The van der Waals surface area contributed by atoms with Crippen LogP contribution in [0.4, 0.5) is 0 Å². The van der Waals surface area contributed by atoms with Crippen molar-refractivity contribution in [2.45, 2.75) is 25.4 Å². The largest absolute Gasteiger partial charge is 0.316 e. The summed E-state index contributed by atoms with van der Waals surface area (Å²) in [5.74, 6) is 0. The molecule has 1 saturated heterocycles. The average Bonchev–Trinajstić information content (AvgIpc) is 2.97. The highest BCUT2D eigenvalue weighted by Gasteiger charge is 2.19. The summed E-state index contributed by atoms with van der Waals surface area (Å²) in [4.78, 5) is 8.37. The standard InChI is InChI=1S/C16H21N3S/c1-17-14-8-5-9-19(11-14)12-16-18-10-15(20-16)13-6-3-2-4-7-13/h2-4,6-7,10,14,17H,5,8-9,11-12H2,1H3. The lowest BCUT2D eigenvalue weighted by atomic mass is 10.1. The molecule has 1 aromatic heterocycles. The van der Waals surface area contributed by atoms with Gasteiger partial charge in [-0.05, 0) is 32.0 Å². The van der Waals surface area contributed by atoms with E-state index in [1.807, 2.05) is 17.5 Å². The zero-order valence-corrected chi connectivity index (χ0v) is 12.7. The monoisotopic (exact) mass is 287 g/mol. The minimum absolute atomic E-state index is 0.636. The number of nitrogens with one attached hydrogen (secondary N) is 1. The van der Waals surface area contributed by atoms with E-state index in [1.54, 1.807) is 0 Å². The van der Waals surface area contributed by atoms with Crippen LogP contribution in [0.15, 0.2) is 36.5 Å². The summed E-state index contributed by atoms with van der Waals surface area (Å²) < 4.78 is 0. The topological polar surface area (TPSA) is 28.2 Å². The zero-order valence-electron chi connectivity index (χ0n) is 11.9. The molecule has 20 heavy (non-hydrogen) atoms. The van der Waals surface area contributed by atoms with E-state index in [2.05, 4.69) is 52.6 Å². The molecule has 0 spiro atoms. The van der Waals surface area contributed by atoms with Crippen LogP contribution < -0.4 is 5.32 Å². The number of hydrogen-bond acceptors (Lipinski definition) is 4. The Morgan fingerprint density at radius 2 is 2.20 bits per heavy atom. The van der Waals surface area contributed by atoms with Gasteiger partial charge in [0.25, 0.3) is 0 Å². The molecule has 1 aliphatic heterocycles. The maximum Gasteiger partial charge on any atom is 0.107 e. The number of rotatable bonds is 4. The van der Waals surface area contributed by atoms with E-state index >= 15 is 0 Å². The SMILES string of the molecule is CNC1CCCN(Cc2ncc(-c3ccccc3)s2)C1. The second-order valence-electron chi connectivity index (χ2n) is 5.35. The highest BCUT2D eigenvalue weighted by molar-refractivity contribution is 7.15. The first-order valence-corrected chi connectivity index (χ1v) is 8.06. The second kappa shape index (κ2) is 6.48. The normalized spacial score (nSPS) is 20.1. The Kier molecular flexibility index (Phi) is 4.45. The molecule has 0 aliphatic carbocycles. The minimum atomic E-state index is 0.636. The van der Waals surface area contributed by atoms with Gasteiger partial charge >= 0.3 is 0 Å². The van der Waals surface area contributed by atoms with Crippen molar-refractivity contribution >= 4 is 11.3 Å². The summed E-state index contributed by atoms with van der Waals surface area (Å²) in [5.41, 5.74) is 1.27. The molecule has 1 unspecified atom stereocenters. The van der Waals surface area contributed by atoms with Gasteiger partial charge in [0.1, 0.15) is 5.01 Å². The van der Waals surface area contributed by atoms with E-state index in [1.165, 1.54) is 34.8 Å². The second-order valence-corrected chi connectivity index (χ2v) is 6.46. The molecule has 3 rings (SSSR count). The van der Waals surface area contributed by atoms with Crippen LogP contribution in [0.1, 0.15) is 17.8 Å². The third kappa shape index (κ3) is 3.26. The lowest BCUT2D eigenvalue weighted by Gasteiger charge is -2.31. The first-order chi connectivity index (χ1) is 9.85. The Bertz CT molecular complexity index is 538. The highest BCUT2D eigenvalue weighted by atomic mass is 32.1. The van der Waals surface area contributed by atoms with Gasteiger partial charge in [-0.1, -0.05) is 30.3 Å². The maximum atomic E-state index is 4.59. The van der Waals surface area contributed by atoms with Crippen LogP contribution in [-0.2, 0) is 6.54 Å². The highest BCUT2D eigenvalue weighted by Crippen LogP contribution is 2.27. The number of likely N-dealkylation sites (N-methyl/N-ethyl adjacent to an activating group) is 1. The summed E-state index contributed by atoms with van der Waals surface area (Å²) in [6.45, 7) is 3.31. The molecule has 0 amide bonds. The Morgan fingerprint density at radius 1 is 1.35 bits per heavy atom. The van der Waals surface area contributed by atoms with Crippen molar-refractivity contribution < 1.29 is 0 Å². The molecule has 1 fully saturated rings. The minimum Gasteiger partial charge on any atom is -0.316 e. The Labute approximate surface area is 124 Å². The van der Waals surface area contributed by atoms with Gasteiger partial charge in [0.15, 0.2) is 0 Å². The third-order valence-electron chi connectivity index (χ3n) is 3.88. The molecule has 1 aromatic carbocycles. The molecule has 1 aliphatic rings. The maximum absolute atomic E-state index is 4.59. The molecule has 2 aromatic rings. The summed E-state index contributed by atoms with van der Waals surface area (Å²) >= 11 is 1.82. The molecule has 0 bridgehead atoms. The smallest absolute Gasteiger partial charge is 0.107 e. The predicted molar refractivity (Wildman–Crippen MR) is 84.9 cm³/mol. The van der Waals surface area contributed by atoms with Gasteiger partial charge in [-0.3, -0.25) is 4.90 Å². The lowest BCUT2D eigenvalue weighted by molar-refractivity contribution is 0.188. The Morgan fingerprint density at radius 3 is 3.00 bits per heavy atom. The summed E-state index contributed by atoms with van der Waals surface area (Å²) in [6.07, 6.45) is 4.58. The number of thiazole rings is 1. The van der Waals surface area contributed by atoms with E-state index in [9.17, 15) is 0 Å². The molecule has 4 heteroatoms.